The van der Waals surface area contributed by atoms with Gasteiger partial charge in [-0.2, -0.15) is 0 Å². The van der Waals surface area contributed by atoms with E-state index in [1.165, 1.54) is 18.4 Å². The molecule has 3 heterocycles. The molecule has 0 bridgehead atoms. The molecule has 152 valence electrons. The molecule has 0 saturated carbocycles. The van der Waals surface area contributed by atoms with Crippen molar-refractivity contribution in [2.24, 2.45) is 0 Å². The Hall–Kier alpha value is -3.43. The molecule has 0 aliphatic heterocycles. The van der Waals surface area contributed by atoms with Crippen molar-refractivity contribution in [2.45, 2.75) is 0 Å². The van der Waals surface area contributed by atoms with Crippen molar-refractivity contribution >= 4 is 50.8 Å². The SMILES string of the molecule is COC(=O)c1cc(-c2csc(NC(=O)COc3ccc(Cl)c4cccnc34)n2)c[nH]1. The Morgan fingerprint density at radius 1 is 1.30 bits per heavy atom. The molecule has 0 spiro atoms. The van der Waals surface area contributed by atoms with Crippen LogP contribution in [0.5, 0.6) is 5.75 Å². The number of nitrogens with one attached hydrogen (secondary N) is 2. The minimum absolute atomic E-state index is 0.209. The highest BCUT2D eigenvalue weighted by atomic mass is 35.5. The van der Waals surface area contributed by atoms with Crippen LogP contribution in [0.15, 0.2) is 48.1 Å². The number of H-pyrrole nitrogens is 1. The number of halogens is 1. The number of carbonyl (C=O) groups excluding carboxylic acids is 2. The number of benzene rings is 1. The van der Waals surface area contributed by atoms with E-state index in [0.717, 1.165) is 5.39 Å². The van der Waals surface area contributed by atoms with Gasteiger partial charge in [0.05, 0.1) is 17.8 Å². The predicted molar refractivity (Wildman–Crippen MR) is 114 cm³/mol. The van der Waals surface area contributed by atoms with E-state index >= 15 is 0 Å². The molecule has 30 heavy (non-hydrogen) atoms. The topological polar surface area (TPSA) is 106 Å². The number of rotatable bonds is 6. The molecule has 3 aromatic heterocycles. The Kier molecular flexibility index (Phi) is 5.64. The summed E-state index contributed by atoms with van der Waals surface area (Å²) in [5, 5.41) is 6.20. The van der Waals surface area contributed by atoms with Crippen molar-refractivity contribution in [3.8, 4) is 17.0 Å². The van der Waals surface area contributed by atoms with Crippen LogP contribution in [0.4, 0.5) is 5.13 Å². The van der Waals surface area contributed by atoms with Crippen LogP contribution in [0.1, 0.15) is 10.5 Å². The lowest BCUT2D eigenvalue weighted by Gasteiger charge is -2.09. The van der Waals surface area contributed by atoms with E-state index in [2.05, 4.69) is 25.0 Å². The molecule has 0 saturated heterocycles. The van der Waals surface area contributed by atoms with Crippen LogP contribution in [0.3, 0.4) is 0 Å². The van der Waals surface area contributed by atoms with Crippen LogP contribution in [0.2, 0.25) is 5.02 Å². The van der Waals surface area contributed by atoms with E-state index < -0.39 is 5.97 Å². The summed E-state index contributed by atoms with van der Waals surface area (Å²) in [5.74, 6) is -0.363. The number of fused-ring (bicyclic) bond motifs is 1. The number of nitrogens with zero attached hydrogens (tertiary/aromatic N) is 2. The number of hydrogen-bond donors (Lipinski definition) is 2. The van der Waals surface area contributed by atoms with Crippen molar-refractivity contribution in [3.05, 3.63) is 58.8 Å². The number of aromatic nitrogens is 3. The zero-order chi connectivity index (χ0) is 21.1. The van der Waals surface area contributed by atoms with Crippen LogP contribution >= 0.6 is 22.9 Å². The number of amides is 1. The minimum Gasteiger partial charge on any atom is -0.481 e. The molecule has 2 N–H and O–H groups in total. The van der Waals surface area contributed by atoms with Gasteiger partial charge in [0, 0.05) is 28.7 Å². The molecule has 1 aromatic carbocycles. The number of methoxy groups -OCH3 is 1. The van der Waals surface area contributed by atoms with Gasteiger partial charge in [-0.3, -0.25) is 15.1 Å². The summed E-state index contributed by atoms with van der Waals surface area (Å²) >= 11 is 7.43. The minimum atomic E-state index is -0.466. The van der Waals surface area contributed by atoms with Gasteiger partial charge in [0.25, 0.3) is 5.91 Å². The van der Waals surface area contributed by atoms with Gasteiger partial charge in [-0.25, -0.2) is 9.78 Å². The summed E-state index contributed by atoms with van der Waals surface area (Å²) in [6.07, 6.45) is 3.28. The Morgan fingerprint density at radius 3 is 3.00 bits per heavy atom. The average Bonchev–Trinajstić information content (AvgIpc) is 3.42. The number of pyridine rings is 1. The van der Waals surface area contributed by atoms with Crippen LogP contribution in [-0.2, 0) is 9.53 Å². The maximum absolute atomic E-state index is 12.3. The first-order chi connectivity index (χ1) is 14.5. The third kappa shape index (κ3) is 4.12. The lowest BCUT2D eigenvalue weighted by atomic mass is 10.2. The Labute approximate surface area is 179 Å². The normalized spacial score (nSPS) is 10.7. The summed E-state index contributed by atoms with van der Waals surface area (Å²) in [5.41, 5.74) is 2.24. The van der Waals surface area contributed by atoms with Crippen LogP contribution in [0.25, 0.3) is 22.2 Å². The molecule has 0 fully saturated rings. The molecule has 8 nitrogen and oxygen atoms in total. The maximum Gasteiger partial charge on any atom is 0.354 e. The largest absolute Gasteiger partial charge is 0.481 e. The average molecular weight is 443 g/mol. The van der Waals surface area contributed by atoms with Gasteiger partial charge in [-0.1, -0.05) is 11.6 Å². The standard InChI is InChI=1S/C20H15ClN4O4S/c1-28-19(27)14-7-11(8-23-14)15-10-30-20(24-15)25-17(26)9-29-16-5-4-13(21)12-3-2-6-22-18(12)16/h2-8,10,23H,9H2,1H3,(H,24,25,26). The number of aromatic amines is 1. The van der Waals surface area contributed by atoms with E-state index in [4.69, 9.17) is 16.3 Å². The van der Waals surface area contributed by atoms with Crippen LogP contribution in [0, 0.1) is 0 Å². The second kappa shape index (κ2) is 8.52. The fraction of sp³-hybridized carbons (Fsp3) is 0.100. The first-order valence-electron chi connectivity index (χ1n) is 8.73. The number of esters is 1. The third-order valence-electron chi connectivity index (χ3n) is 4.17. The summed E-state index contributed by atoms with van der Waals surface area (Å²) in [6.45, 7) is -0.209. The third-order valence-corrected chi connectivity index (χ3v) is 5.26. The predicted octanol–water partition coefficient (Wildman–Crippen LogP) is 4.14. The Bertz CT molecular complexity index is 1240. The van der Waals surface area contributed by atoms with E-state index in [-0.39, 0.29) is 12.5 Å². The number of thiazole rings is 1. The number of carbonyl (C=O) groups is 2. The molecule has 10 heteroatoms. The van der Waals surface area contributed by atoms with Gasteiger partial charge in [0.2, 0.25) is 0 Å². The van der Waals surface area contributed by atoms with Gasteiger partial charge < -0.3 is 14.5 Å². The second-order valence-corrected chi connectivity index (χ2v) is 7.38. The zero-order valence-corrected chi connectivity index (χ0v) is 17.2. The molecular formula is C20H15ClN4O4S. The molecule has 0 aliphatic rings. The van der Waals surface area contributed by atoms with Crippen LogP contribution in [-0.4, -0.2) is 40.5 Å². The van der Waals surface area contributed by atoms with Gasteiger partial charge in [0.15, 0.2) is 11.7 Å². The van der Waals surface area contributed by atoms with Gasteiger partial charge >= 0.3 is 5.97 Å². The molecule has 0 atom stereocenters. The fourth-order valence-corrected chi connectivity index (χ4v) is 3.71. The first-order valence-corrected chi connectivity index (χ1v) is 9.99. The number of anilines is 1. The molecule has 0 unspecified atom stereocenters. The lowest BCUT2D eigenvalue weighted by Crippen LogP contribution is -2.20. The molecule has 4 rings (SSSR count). The zero-order valence-electron chi connectivity index (χ0n) is 15.6. The van der Waals surface area contributed by atoms with Crippen molar-refractivity contribution in [1.82, 2.24) is 15.0 Å². The highest BCUT2D eigenvalue weighted by Gasteiger charge is 2.14. The fourth-order valence-electron chi connectivity index (χ4n) is 2.76. The number of hydrogen-bond acceptors (Lipinski definition) is 7. The summed E-state index contributed by atoms with van der Waals surface area (Å²) in [7, 11) is 1.31. The first kappa shape index (κ1) is 19.9. The molecule has 0 radical (unpaired) electrons. The lowest BCUT2D eigenvalue weighted by molar-refractivity contribution is -0.118. The van der Waals surface area contributed by atoms with Crippen molar-refractivity contribution < 1.29 is 19.1 Å². The smallest absolute Gasteiger partial charge is 0.354 e. The quantitative estimate of drug-likeness (QED) is 0.434. The molecular weight excluding hydrogens is 428 g/mol. The monoisotopic (exact) mass is 442 g/mol. The van der Waals surface area contributed by atoms with Gasteiger partial charge in [-0.05, 0) is 30.3 Å². The summed E-state index contributed by atoms with van der Waals surface area (Å²) < 4.78 is 10.3. The van der Waals surface area contributed by atoms with E-state index in [9.17, 15) is 9.59 Å². The van der Waals surface area contributed by atoms with E-state index in [1.54, 1.807) is 42.0 Å². The Balaban J connectivity index is 1.40. The van der Waals surface area contributed by atoms with Gasteiger partial charge in [-0.15, -0.1) is 11.3 Å². The van der Waals surface area contributed by atoms with E-state index in [0.29, 0.717) is 38.4 Å². The highest BCUT2D eigenvalue weighted by molar-refractivity contribution is 7.14. The van der Waals surface area contributed by atoms with Crippen molar-refractivity contribution in [3.63, 3.8) is 0 Å². The van der Waals surface area contributed by atoms with Crippen LogP contribution < -0.4 is 10.1 Å². The van der Waals surface area contributed by atoms with Crippen molar-refractivity contribution in [2.75, 3.05) is 19.0 Å². The van der Waals surface area contributed by atoms with Crippen molar-refractivity contribution in [1.29, 1.82) is 0 Å². The second-order valence-electron chi connectivity index (χ2n) is 6.11. The highest BCUT2D eigenvalue weighted by Crippen LogP contribution is 2.30. The summed E-state index contributed by atoms with van der Waals surface area (Å²) in [6, 6.07) is 8.63. The Morgan fingerprint density at radius 2 is 2.17 bits per heavy atom. The van der Waals surface area contributed by atoms with E-state index in [1.807, 2.05) is 6.07 Å². The maximum atomic E-state index is 12.3. The summed E-state index contributed by atoms with van der Waals surface area (Å²) in [4.78, 5) is 35.3. The number of ether oxygens (including phenoxy) is 2. The molecule has 1 amide bonds. The molecule has 4 aromatic rings. The van der Waals surface area contributed by atoms with Gasteiger partial charge in [0.1, 0.15) is 17.0 Å². The molecule has 0 aliphatic carbocycles.